The molecule has 0 spiro atoms. The second kappa shape index (κ2) is 6.10. The molecule has 0 aromatic carbocycles. The number of hydrogen-bond donors (Lipinski definition) is 3. The third kappa shape index (κ3) is 4.69. The molecule has 5 nitrogen and oxygen atoms in total. The molecule has 1 aliphatic heterocycles. The number of carbonyl (C=O) groups excluding carboxylic acids is 1. The predicted octanol–water partition coefficient (Wildman–Crippen LogP) is -0.534. The molecule has 0 bridgehead atoms. The van der Waals surface area contributed by atoms with E-state index in [1.54, 1.807) is 0 Å². The molecule has 1 amide bonds. The maximum atomic E-state index is 11.1. The van der Waals surface area contributed by atoms with Gasteiger partial charge in [0.25, 0.3) is 0 Å². The Labute approximate surface area is 85.9 Å². The van der Waals surface area contributed by atoms with Gasteiger partial charge in [0.15, 0.2) is 11.1 Å². The smallest absolute Gasteiger partial charge is 0.235 e. The fourth-order valence-electron chi connectivity index (χ4n) is 1.52. The second-order valence-corrected chi connectivity index (χ2v) is 4.36. The van der Waals surface area contributed by atoms with Crippen molar-refractivity contribution < 1.29 is 13.6 Å². The van der Waals surface area contributed by atoms with Crippen LogP contribution in [0.5, 0.6) is 0 Å². The molecule has 14 heavy (non-hydrogen) atoms. The van der Waals surface area contributed by atoms with Crippen molar-refractivity contribution in [3.05, 3.63) is 0 Å². The van der Waals surface area contributed by atoms with Crippen molar-refractivity contribution in [2.45, 2.75) is 25.3 Å². The molecule has 6 heteroatoms. The maximum Gasteiger partial charge on any atom is 0.235 e. The van der Waals surface area contributed by atoms with Crippen LogP contribution in [0.3, 0.4) is 0 Å². The van der Waals surface area contributed by atoms with Crippen molar-refractivity contribution in [1.82, 2.24) is 10.6 Å². The van der Waals surface area contributed by atoms with Crippen molar-refractivity contribution in [1.29, 1.82) is 0 Å². The molecule has 2 atom stereocenters. The van der Waals surface area contributed by atoms with Gasteiger partial charge in [0.2, 0.25) is 5.91 Å². The highest BCUT2D eigenvalue weighted by Crippen LogP contribution is 2.03. The average molecular weight is 220 g/mol. The van der Waals surface area contributed by atoms with E-state index >= 15 is 0 Å². The Kier molecular flexibility index (Phi) is 5.06. The number of carbonyl (C=O) groups is 1. The van der Waals surface area contributed by atoms with Crippen LogP contribution < -0.4 is 10.6 Å². The average Bonchev–Trinajstić information content (AvgIpc) is 2.31. The summed E-state index contributed by atoms with van der Waals surface area (Å²) in [5.41, 5.74) is 0. The van der Waals surface area contributed by atoms with Crippen molar-refractivity contribution in [3.8, 4) is 0 Å². The van der Waals surface area contributed by atoms with E-state index in [1.165, 1.54) is 0 Å². The molecule has 1 rings (SSSR count). The molecule has 0 aromatic heterocycles. The van der Waals surface area contributed by atoms with Crippen LogP contribution in [0.15, 0.2) is 0 Å². The van der Waals surface area contributed by atoms with Gasteiger partial charge < -0.3 is 15.2 Å². The summed E-state index contributed by atoms with van der Waals surface area (Å²) in [6.45, 7) is 1.74. The summed E-state index contributed by atoms with van der Waals surface area (Å²) in [7, 11) is 0. The van der Waals surface area contributed by atoms with E-state index in [-0.39, 0.29) is 17.7 Å². The van der Waals surface area contributed by atoms with Crippen LogP contribution in [0.4, 0.5) is 0 Å². The lowest BCUT2D eigenvalue weighted by molar-refractivity contribution is -0.119. The van der Waals surface area contributed by atoms with Gasteiger partial charge in [0, 0.05) is 12.6 Å². The van der Waals surface area contributed by atoms with Gasteiger partial charge in [0.1, 0.15) is 5.75 Å². The van der Waals surface area contributed by atoms with E-state index < -0.39 is 11.1 Å². The molecule has 0 aliphatic carbocycles. The summed E-state index contributed by atoms with van der Waals surface area (Å²) in [6.07, 6.45) is 3.15. The molecular formula is C8H16N2O3S. The highest BCUT2D eigenvalue weighted by molar-refractivity contribution is 7.80. The molecule has 1 aliphatic rings. The van der Waals surface area contributed by atoms with Crippen LogP contribution in [-0.4, -0.2) is 39.6 Å². The van der Waals surface area contributed by atoms with Gasteiger partial charge >= 0.3 is 0 Å². The van der Waals surface area contributed by atoms with E-state index in [1.807, 2.05) is 0 Å². The molecule has 82 valence electrons. The Morgan fingerprint density at radius 1 is 1.57 bits per heavy atom. The summed E-state index contributed by atoms with van der Waals surface area (Å²) in [5, 5.41) is 5.94. The second-order valence-electron chi connectivity index (χ2n) is 3.43. The van der Waals surface area contributed by atoms with E-state index in [0.717, 1.165) is 32.4 Å². The van der Waals surface area contributed by atoms with E-state index in [0.29, 0.717) is 0 Å². The first-order valence-corrected chi connectivity index (χ1v) is 6.03. The zero-order valence-corrected chi connectivity index (χ0v) is 8.81. The van der Waals surface area contributed by atoms with E-state index in [4.69, 9.17) is 4.55 Å². The first-order valence-electron chi connectivity index (χ1n) is 4.76. The zero-order valence-electron chi connectivity index (χ0n) is 7.99. The molecular weight excluding hydrogens is 204 g/mol. The Bertz CT molecular complexity index is 215. The molecule has 3 N–H and O–H groups in total. The fourth-order valence-corrected chi connectivity index (χ4v) is 1.83. The van der Waals surface area contributed by atoms with Crippen LogP contribution in [0, 0.1) is 0 Å². The summed E-state index contributed by atoms with van der Waals surface area (Å²) < 4.78 is 18.9. The highest BCUT2D eigenvalue weighted by Gasteiger charge is 2.15. The Morgan fingerprint density at radius 3 is 3.07 bits per heavy atom. The van der Waals surface area contributed by atoms with E-state index in [9.17, 15) is 9.00 Å². The standard InChI is InChI=1S/C8H16N2O3S/c11-8(6-14(12)13)10-7-3-1-2-4-9-5-7/h7,9H,1-6H2,(H,10,11)(H,12,13). The minimum Gasteiger partial charge on any atom is -0.351 e. The number of nitrogens with one attached hydrogen (secondary N) is 2. The fraction of sp³-hybridized carbons (Fsp3) is 0.875. The van der Waals surface area contributed by atoms with Gasteiger partial charge in [-0.25, -0.2) is 4.21 Å². The third-order valence-electron chi connectivity index (χ3n) is 2.17. The minimum atomic E-state index is -2.04. The van der Waals surface area contributed by atoms with Gasteiger partial charge in [0.05, 0.1) is 0 Å². The SMILES string of the molecule is O=C(CS(=O)O)NC1CCCCNC1. The molecule has 1 fully saturated rings. The lowest BCUT2D eigenvalue weighted by Crippen LogP contribution is -2.42. The van der Waals surface area contributed by atoms with Crippen molar-refractivity contribution in [2.24, 2.45) is 0 Å². The lowest BCUT2D eigenvalue weighted by atomic mass is 10.1. The van der Waals surface area contributed by atoms with Crippen LogP contribution in [-0.2, 0) is 15.9 Å². The zero-order chi connectivity index (χ0) is 10.4. The molecule has 0 aromatic rings. The summed E-state index contributed by atoms with van der Waals surface area (Å²) >= 11 is -2.04. The quantitative estimate of drug-likeness (QED) is 0.559. The number of hydrogen-bond acceptors (Lipinski definition) is 3. The lowest BCUT2D eigenvalue weighted by Gasteiger charge is -2.15. The Morgan fingerprint density at radius 2 is 2.36 bits per heavy atom. The Hall–Kier alpha value is -0.460. The van der Waals surface area contributed by atoms with Gasteiger partial charge in [-0.3, -0.25) is 4.79 Å². The van der Waals surface area contributed by atoms with Crippen LogP contribution in [0.25, 0.3) is 0 Å². The van der Waals surface area contributed by atoms with Crippen LogP contribution >= 0.6 is 0 Å². The highest BCUT2D eigenvalue weighted by atomic mass is 32.2. The summed E-state index contributed by atoms with van der Waals surface area (Å²) in [6, 6.07) is 0.105. The van der Waals surface area contributed by atoms with E-state index in [2.05, 4.69) is 10.6 Å². The predicted molar refractivity (Wildman–Crippen MR) is 54.3 cm³/mol. The molecule has 0 radical (unpaired) electrons. The molecule has 2 unspecified atom stereocenters. The first kappa shape index (κ1) is 11.6. The topological polar surface area (TPSA) is 78.4 Å². The molecule has 1 heterocycles. The van der Waals surface area contributed by atoms with Gasteiger partial charge in [-0.2, -0.15) is 0 Å². The first-order chi connectivity index (χ1) is 6.68. The maximum absolute atomic E-state index is 11.1. The summed E-state index contributed by atoms with van der Waals surface area (Å²) in [4.78, 5) is 11.1. The number of rotatable bonds is 3. The Balaban J connectivity index is 2.27. The molecule has 0 saturated carbocycles. The van der Waals surface area contributed by atoms with Gasteiger partial charge in [-0.15, -0.1) is 0 Å². The third-order valence-corrected chi connectivity index (χ3v) is 2.68. The largest absolute Gasteiger partial charge is 0.351 e. The van der Waals surface area contributed by atoms with Crippen LogP contribution in [0.1, 0.15) is 19.3 Å². The van der Waals surface area contributed by atoms with Gasteiger partial charge in [-0.1, -0.05) is 6.42 Å². The molecule has 1 saturated heterocycles. The number of amides is 1. The normalized spacial score (nSPS) is 25.1. The summed E-state index contributed by atoms with van der Waals surface area (Å²) in [5.74, 6) is -0.671. The monoisotopic (exact) mass is 220 g/mol. The van der Waals surface area contributed by atoms with Crippen molar-refractivity contribution in [2.75, 3.05) is 18.8 Å². The minimum absolute atomic E-state index is 0.105. The van der Waals surface area contributed by atoms with Gasteiger partial charge in [-0.05, 0) is 19.4 Å². The van der Waals surface area contributed by atoms with Crippen molar-refractivity contribution >= 4 is 17.0 Å². The van der Waals surface area contributed by atoms with Crippen molar-refractivity contribution in [3.63, 3.8) is 0 Å². The van der Waals surface area contributed by atoms with Crippen LogP contribution in [0.2, 0.25) is 0 Å².